The number of benzene rings is 1. The Bertz CT molecular complexity index is 505. The highest BCUT2D eigenvalue weighted by atomic mass is 19.2. The molecule has 0 bridgehead atoms. The molecule has 0 saturated carbocycles. The van der Waals surface area contributed by atoms with Crippen LogP contribution in [0.1, 0.15) is 84.1 Å². The molecule has 0 amide bonds. The fraction of sp³-hybridized carbons (Fsp3) is 0.727. The maximum Gasteiger partial charge on any atom is 0.194 e. The Kier molecular flexibility index (Phi) is 10.3. The summed E-state index contributed by atoms with van der Waals surface area (Å²) < 4.78 is 45.4. The third-order valence-electron chi connectivity index (χ3n) is 5.48. The molecule has 1 unspecified atom stereocenters. The minimum atomic E-state index is -1.39. The average molecular weight is 373 g/mol. The molecular formula is C22H35F3O. The summed E-state index contributed by atoms with van der Waals surface area (Å²) >= 11 is 0. The maximum atomic E-state index is 13.3. The van der Waals surface area contributed by atoms with Gasteiger partial charge in [-0.15, -0.1) is 0 Å². The van der Waals surface area contributed by atoms with Crippen molar-refractivity contribution >= 4 is 0 Å². The van der Waals surface area contributed by atoms with E-state index >= 15 is 0 Å². The largest absolute Gasteiger partial charge is 0.379 e. The van der Waals surface area contributed by atoms with Crippen molar-refractivity contribution in [1.82, 2.24) is 0 Å². The van der Waals surface area contributed by atoms with Gasteiger partial charge in [0.1, 0.15) is 0 Å². The number of unbranched alkanes of at least 4 members (excludes halogenated alkanes) is 5. The Morgan fingerprint density at radius 2 is 1.42 bits per heavy atom. The number of hydrogen-bond acceptors (Lipinski definition) is 1. The third kappa shape index (κ3) is 7.69. The molecule has 1 nitrogen and oxygen atoms in total. The van der Waals surface area contributed by atoms with Crippen LogP contribution in [0.3, 0.4) is 0 Å². The fourth-order valence-electron chi connectivity index (χ4n) is 3.48. The van der Waals surface area contributed by atoms with Crippen molar-refractivity contribution < 1.29 is 17.9 Å². The van der Waals surface area contributed by atoms with Gasteiger partial charge in [-0.25, -0.2) is 13.2 Å². The lowest BCUT2D eigenvalue weighted by atomic mass is 9.82. The van der Waals surface area contributed by atoms with Crippen LogP contribution in [0.2, 0.25) is 0 Å². The van der Waals surface area contributed by atoms with Crippen molar-refractivity contribution in [2.45, 2.75) is 90.6 Å². The van der Waals surface area contributed by atoms with E-state index in [1.54, 1.807) is 7.11 Å². The van der Waals surface area contributed by atoms with Gasteiger partial charge in [0.2, 0.25) is 0 Å². The molecule has 150 valence electrons. The summed E-state index contributed by atoms with van der Waals surface area (Å²) in [6.45, 7) is 6.42. The lowest BCUT2D eigenvalue weighted by Crippen LogP contribution is -2.33. The molecule has 0 saturated heterocycles. The van der Waals surface area contributed by atoms with E-state index in [1.807, 2.05) is 0 Å². The average Bonchev–Trinajstić information content (AvgIpc) is 2.60. The Morgan fingerprint density at radius 3 is 2.00 bits per heavy atom. The first-order valence-electron chi connectivity index (χ1n) is 10.00. The molecule has 0 aliphatic rings. The summed E-state index contributed by atoms with van der Waals surface area (Å²) in [6.07, 6.45) is 10.9. The van der Waals surface area contributed by atoms with Crippen molar-refractivity contribution in [3.05, 3.63) is 35.1 Å². The topological polar surface area (TPSA) is 9.23 Å². The Balaban J connectivity index is 2.50. The van der Waals surface area contributed by atoms with Crippen LogP contribution < -0.4 is 0 Å². The molecule has 4 heteroatoms. The predicted octanol–water partition coefficient (Wildman–Crippen LogP) is 7.22. The number of halogens is 3. The van der Waals surface area contributed by atoms with Gasteiger partial charge in [-0.1, -0.05) is 45.4 Å². The Labute approximate surface area is 157 Å². The van der Waals surface area contributed by atoms with Crippen molar-refractivity contribution in [2.24, 2.45) is 5.92 Å². The zero-order valence-corrected chi connectivity index (χ0v) is 16.8. The molecule has 0 aliphatic heterocycles. The monoisotopic (exact) mass is 372 g/mol. The summed E-state index contributed by atoms with van der Waals surface area (Å²) in [5.74, 6) is -3.22. The van der Waals surface area contributed by atoms with Crippen LogP contribution in [0.15, 0.2) is 12.1 Å². The van der Waals surface area contributed by atoms with Crippen LogP contribution in [0.4, 0.5) is 13.2 Å². The van der Waals surface area contributed by atoms with E-state index in [0.29, 0.717) is 17.9 Å². The molecule has 0 heterocycles. The Morgan fingerprint density at radius 1 is 0.885 bits per heavy atom. The number of methoxy groups -OCH3 is 1. The van der Waals surface area contributed by atoms with Crippen molar-refractivity contribution in [2.75, 3.05) is 7.11 Å². The van der Waals surface area contributed by atoms with Crippen LogP contribution >= 0.6 is 0 Å². The lowest BCUT2D eigenvalue weighted by Gasteiger charge is -2.33. The summed E-state index contributed by atoms with van der Waals surface area (Å²) in [7, 11) is 1.74. The quantitative estimate of drug-likeness (QED) is 0.262. The van der Waals surface area contributed by atoms with E-state index < -0.39 is 17.5 Å². The standard InChI is InChI=1S/C22H35F3O/c1-5-6-7-8-9-10-13-18(22(2,3)26-4)14-11-12-17-15-19(23)21(25)20(24)16-17/h15-16,18H,5-14H2,1-4H3. The number of hydrogen-bond donors (Lipinski definition) is 0. The summed E-state index contributed by atoms with van der Waals surface area (Å²) in [5, 5.41) is 0. The highest BCUT2D eigenvalue weighted by molar-refractivity contribution is 5.19. The molecular weight excluding hydrogens is 337 g/mol. The minimum absolute atomic E-state index is 0.220. The van der Waals surface area contributed by atoms with Crippen molar-refractivity contribution in [1.29, 1.82) is 0 Å². The normalized spacial score (nSPS) is 13.2. The first kappa shape index (κ1) is 23.0. The molecule has 0 aromatic heterocycles. The molecule has 1 rings (SSSR count). The molecule has 1 aromatic carbocycles. The smallest absolute Gasteiger partial charge is 0.194 e. The van der Waals surface area contributed by atoms with Gasteiger partial charge in [0.05, 0.1) is 5.60 Å². The van der Waals surface area contributed by atoms with E-state index in [-0.39, 0.29) is 5.60 Å². The van der Waals surface area contributed by atoms with Crippen LogP contribution in [-0.4, -0.2) is 12.7 Å². The fourth-order valence-corrected chi connectivity index (χ4v) is 3.48. The van der Waals surface area contributed by atoms with Crippen molar-refractivity contribution in [3.8, 4) is 0 Å². The van der Waals surface area contributed by atoms with E-state index in [9.17, 15) is 13.2 Å². The molecule has 0 N–H and O–H groups in total. The molecule has 0 fully saturated rings. The molecule has 1 atom stereocenters. The van der Waals surface area contributed by atoms with Crippen LogP contribution in [0.5, 0.6) is 0 Å². The van der Waals surface area contributed by atoms with Crippen molar-refractivity contribution in [3.63, 3.8) is 0 Å². The number of ether oxygens (including phenoxy) is 1. The second kappa shape index (κ2) is 11.6. The molecule has 26 heavy (non-hydrogen) atoms. The highest BCUT2D eigenvalue weighted by Gasteiger charge is 2.28. The van der Waals surface area contributed by atoms with Gasteiger partial charge in [0.15, 0.2) is 17.5 Å². The van der Waals surface area contributed by atoms with E-state index in [0.717, 1.165) is 31.4 Å². The first-order valence-corrected chi connectivity index (χ1v) is 10.00. The van der Waals surface area contributed by atoms with Gasteiger partial charge in [0.25, 0.3) is 0 Å². The molecule has 0 spiro atoms. The van der Waals surface area contributed by atoms with Crippen LogP contribution in [0.25, 0.3) is 0 Å². The molecule has 1 aromatic rings. The lowest BCUT2D eigenvalue weighted by molar-refractivity contribution is -0.0350. The maximum absolute atomic E-state index is 13.3. The van der Waals surface area contributed by atoms with Gasteiger partial charge >= 0.3 is 0 Å². The van der Waals surface area contributed by atoms with Gasteiger partial charge in [0, 0.05) is 7.11 Å². The van der Waals surface area contributed by atoms with E-state index in [4.69, 9.17) is 4.74 Å². The second-order valence-electron chi connectivity index (χ2n) is 7.83. The third-order valence-corrected chi connectivity index (χ3v) is 5.48. The SMILES string of the molecule is CCCCCCCCC(CCCc1cc(F)c(F)c(F)c1)C(C)(C)OC. The molecule has 0 radical (unpaired) electrons. The van der Waals surface area contributed by atoms with Crippen LogP contribution in [0, 0.1) is 23.4 Å². The zero-order chi connectivity index (χ0) is 19.6. The van der Waals surface area contributed by atoms with Gasteiger partial charge in [-0.05, 0) is 63.1 Å². The number of aryl methyl sites for hydroxylation is 1. The first-order chi connectivity index (χ1) is 12.3. The summed E-state index contributed by atoms with van der Waals surface area (Å²) in [5.41, 5.74) is 0.290. The summed E-state index contributed by atoms with van der Waals surface area (Å²) in [4.78, 5) is 0. The van der Waals surface area contributed by atoms with Gasteiger partial charge in [-0.3, -0.25) is 0 Å². The zero-order valence-electron chi connectivity index (χ0n) is 16.8. The predicted molar refractivity (Wildman–Crippen MR) is 102 cm³/mol. The Hall–Kier alpha value is -1.03. The van der Waals surface area contributed by atoms with Crippen LogP contribution in [-0.2, 0) is 11.2 Å². The minimum Gasteiger partial charge on any atom is -0.379 e. The van der Waals surface area contributed by atoms with E-state index in [2.05, 4.69) is 20.8 Å². The molecule has 0 aliphatic carbocycles. The van der Waals surface area contributed by atoms with Gasteiger partial charge < -0.3 is 4.74 Å². The second-order valence-corrected chi connectivity index (χ2v) is 7.83. The van der Waals surface area contributed by atoms with E-state index in [1.165, 1.54) is 38.5 Å². The number of rotatable bonds is 13. The van der Waals surface area contributed by atoms with Gasteiger partial charge in [-0.2, -0.15) is 0 Å². The highest BCUT2D eigenvalue weighted by Crippen LogP contribution is 2.31. The summed E-state index contributed by atoms with van der Waals surface area (Å²) in [6, 6.07) is 2.20.